The van der Waals surface area contributed by atoms with Gasteiger partial charge in [-0.25, -0.2) is 29.9 Å². The van der Waals surface area contributed by atoms with E-state index in [-0.39, 0.29) is 56.7 Å². The highest BCUT2D eigenvalue weighted by atomic mass is 19.4. The van der Waals surface area contributed by atoms with E-state index in [2.05, 4.69) is 4.98 Å². The number of rotatable bonds is 10. The zero-order valence-corrected chi connectivity index (χ0v) is 45.6. The van der Waals surface area contributed by atoms with Crippen molar-refractivity contribution in [1.29, 1.82) is 0 Å². The van der Waals surface area contributed by atoms with E-state index < -0.39 is 58.1 Å². The Morgan fingerprint density at radius 2 is 0.640 bits per heavy atom. The predicted molar refractivity (Wildman–Crippen MR) is 314 cm³/mol. The minimum Gasteiger partial charge on any atom is -0.309 e. The predicted octanol–water partition coefficient (Wildman–Crippen LogP) is 19.6. The smallest absolute Gasteiger partial charge is 0.309 e. The summed E-state index contributed by atoms with van der Waals surface area (Å²) in [5.41, 5.74) is -3.06. The number of nitrogens with zero attached hydrogens (tertiary/aromatic N) is 8. The van der Waals surface area contributed by atoms with Gasteiger partial charge in [-0.15, -0.1) is 0 Å². The summed E-state index contributed by atoms with van der Waals surface area (Å²) in [5, 5.41) is 0.181. The van der Waals surface area contributed by atoms with Gasteiger partial charge in [-0.1, -0.05) is 146 Å². The Morgan fingerprint density at radius 3 is 1.02 bits per heavy atom. The van der Waals surface area contributed by atoms with Gasteiger partial charge in [0.05, 0.1) is 39.0 Å². The van der Waals surface area contributed by atoms with E-state index in [9.17, 15) is 52.7 Å². The van der Waals surface area contributed by atoms with Gasteiger partial charge in [0.1, 0.15) is 0 Å². The topological polar surface area (TPSA) is 95.2 Å². The van der Waals surface area contributed by atoms with Crippen molar-refractivity contribution in [2.45, 2.75) is 24.7 Å². The summed E-state index contributed by atoms with van der Waals surface area (Å²) in [5.74, 6) is 1.65. The lowest BCUT2D eigenvalue weighted by molar-refractivity contribution is -0.144. The molecule has 4 aromatic heterocycles. The molecule has 20 heteroatoms. The van der Waals surface area contributed by atoms with E-state index in [1.807, 2.05) is 121 Å². The number of benzene rings is 9. The van der Waals surface area contributed by atoms with Gasteiger partial charge in [-0.05, 0) is 101 Å². The highest BCUT2D eigenvalue weighted by Gasteiger charge is 2.40. The summed E-state index contributed by atoms with van der Waals surface area (Å²) in [6.07, 6.45) is -17.8. The van der Waals surface area contributed by atoms with Crippen LogP contribution in [0.4, 0.5) is 52.7 Å². The first-order chi connectivity index (χ1) is 42.6. The average molecular weight is 1210 g/mol. The molecule has 0 aliphatic heterocycles. The zero-order chi connectivity index (χ0) is 62.0. The van der Waals surface area contributed by atoms with Gasteiger partial charge in [0, 0.05) is 62.1 Å². The molecular formula is C69H38F12N8. The maximum atomic E-state index is 15.0. The van der Waals surface area contributed by atoms with Gasteiger partial charge >= 0.3 is 24.7 Å². The van der Waals surface area contributed by atoms with E-state index in [1.54, 1.807) is 35.0 Å². The molecule has 0 amide bonds. The molecule has 0 saturated heterocycles. The van der Waals surface area contributed by atoms with Crippen molar-refractivity contribution in [3.8, 4) is 107 Å². The molecule has 4 heterocycles. The Balaban J connectivity index is 1.11. The molecule has 89 heavy (non-hydrogen) atoms. The number of pyridine rings is 1. The minimum atomic E-state index is -5.31. The number of alkyl halides is 12. The molecule has 0 saturated carbocycles. The third-order valence-electron chi connectivity index (χ3n) is 14.9. The molecule has 0 radical (unpaired) electrons. The van der Waals surface area contributed by atoms with Gasteiger partial charge in [-0.2, -0.15) is 52.7 Å². The highest BCUT2D eigenvalue weighted by molar-refractivity contribution is 6.12. The van der Waals surface area contributed by atoms with Crippen LogP contribution in [-0.4, -0.2) is 39.5 Å². The largest absolute Gasteiger partial charge is 0.417 e. The van der Waals surface area contributed by atoms with Crippen molar-refractivity contribution < 1.29 is 52.7 Å². The summed E-state index contributed by atoms with van der Waals surface area (Å²) < 4.78 is 176. The van der Waals surface area contributed by atoms with E-state index in [4.69, 9.17) is 29.9 Å². The fourth-order valence-corrected chi connectivity index (χ4v) is 10.8. The van der Waals surface area contributed by atoms with Crippen LogP contribution in [0.15, 0.2) is 231 Å². The van der Waals surface area contributed by atoms with Crippen LogP contribution in [0.2, 0.25) is 0 Å². The maximum absolute atomic E-state index is 15.0. The van der Waals surface area contributed by atoms with E-state index in [0.29, 0.717) is 97.8 Å². The first-order valence-corrected chi connectivity index (χ1v) is 27.1. The Kier molecular flexibility index (Phi) is 14.2. The van der Waals surface area contributed by atoms with E-state index >= 15 is 0 Å². The number of hydrogen-bond donors (Lipinski definition) is 0. The van der Waals surface area contributed by atoms with Crippen LogP contribution >= 0.6 is 0 Å². The third kappa shape index (κ3) is 11.2. The lowest BCUT2D eigenvalue weighted by Crippen LogP contribution is -2.12. The van der Waals surface area contributed by atoms with E-state index in [0.717, 1.165) is 0 Å². The second kappa shape index (κ2) is 22.1. The van der Waals surface area contributed by atoms with Crippen LogP contribution in [0.25, 0.3) is 129 Å². The van der Waals surface area contributed by atoms with Gasteiger partial charge in [0.15, 0.2) is 34.9 Å². The molecule has 0 atom stereocenters. The van der Waals surface area contributed by atoms with Crippen LogP contribution in [0.1, 0.15) is 22.3 Å². The Labute approximate surface area is 497 Å². The molecule has 13 aromatic rings. The normalized spacial score (nSPS) is 12.3. The van der Waals surface area contributed by atoms with Crippen LogP contribution in [0, 0.1) is 0 Å². The third-order valence-corrected chi connectivity index (χ3v) is 14.9. The van der Waals surface area contributed by atoms with Gasteiger partial charge in [0.2, 0.25) is 0 Å². The summed E-state index contributed by atoms with van der Waals surface area (Å²) in [6, 6.07) is 54.1. The molecular weight excluding hydrogens is 1170 g/mol. The van der Waals surface area contributed by atoms with Gasteiger partial charge in [-0.3, -0.25) is 4.98 Å². The molecule has 0 bridgehead atoms. The summed E-state index contributed by atoms with van der Waals surface area (Å²) >= 11 is 0. The lowest BCUT2D eigenvalue weighted by Gasteiger charge is -2.19. The Hall–Kier alpha value is -10.9. The first kappa shape index (κ1) is 57.2. The quantitative estimate of drug-likeness (QED) is 0.126. The molecule has 0 aliphatic rings. The summed E-state index contributed by atoms with van der Waals surface area (Å²) in [7, 11) is 0. The minimum absolute atomic E-state index is 0.000568. The first-order valence-electron chi connectivity index (χ1n) is 27.1. The van der Waals surface area contributed by atoms with Gasteiger partial charge in [0.25, 0.3) is 0 Å². The number of hydrogen-bond acceptors (Lipinski definition) is 7. The molecule has 438 valence electrons. The molecule has 0 N–H and O–H groups in total. The van der Waals surface area contributed by atoms with Crippen molar-refractivity contribution in [3.05, 3.63) is 253 Å². The highest BCUT2D eigenvalue weighted by Crippen LogP contribution is 2.47. The van der Waals surface area contributed by atoms with Crippen LogP contribution in [-0.2, 0) is 24.7 Å². The van der Waals surface area contributed by atoms with Crippen LogP contribution in [0.3, 0.4) is 0 Å². The molecule has 0 fully saturated rings. The fraction of sp³-hybridized carbons (Fsp3) is 0.0580. The van der Waals surface area contributed by atoms with Crippen molar-refractivity contribution in [2.75, 3.05) is 0 Å². The Bertz CT molecular complexity index is 4590. The maximum Gasteiger partial charge on any atom is 0.417 e. The summed E-state index contributed by atoms with van der Waals surface area (Å²) in [4.78, 5) is 34.4. The van der Waals surface area contributed by atoms with Crippen LogP contribution in [0.5, 0.6) is 0 Å². The molecule has 9 aromatic carbocycles. The number of halogens is 12. The van der Waals surface area contributed by atoms with Crippen molar-refractivity contribution in [1.82, 2.24) is 39.5 Å². The standard InChI is InChI=1S/C69H38F12N8/c70-66(71,72)46-24-26-48(55(36-46)68(76,77)78)43-21-28-58-52(33-43)53-34-44(49-27-25-47(67(73,74)75)37-56(49)69(79,80)81)22-29-59(53)89(58)57-30-23-45(64-85-60(39-13-5-1-6-14-39)83-61(86-64)40-15-7-2-8-16-40)35-51(57)50-31-32-82-38-54(50)65-87-62(41-17-9-3-10-18-41)84-63(88-65)42-19-11-4-12-20-42/h1-38H. The number of fused-ring (bicyclic) bond motifs is 3. The Morgan fingerprint density at radius 1 is 0.270 bits per heavy atom. The van der Waals surface area contributed by atoms with Gasteiger partial charge < -0.3 is 4.57 Å². The second-order valence-corrected chi connectivity index (χ2v) is 20.5. The van der Waals surface area contributed by atoms with E-state index in [1.165, 1.54) is 42.6 Å². The molecule has 0 spiro atoms. The van der Waals surface area contributed by atoms with Crippen molar-refractivity contribution >= 4 is 21.8 Å². The van der Waals surface area contributed by atoms with Crippen molar-refractivity contribution in [3.63, 3.8) is 0 Å². The zero-order valence-electron chi connectivity index (χ0n) is 45.6. The average Bonchev–Trinajstić information content (AvgIpc) is 1.65. The summed E-state index contributed by atoms with van der Waals surface area (Å²) in [6.45, 7) is 0. The van der Waals surface area contributed by atoms with Crippen molar-refractivity contribution in [2.24, 2.45) is 0 Å². The molecule has 13 rings (SSSR count). The lowest BCUT2D eigenvalue weighted by atomic mass is 9.94. The molecule has 0 unspecified atom stereocenters. The number of aromatic nitrogens is 8. The monoisotopic (exact) mass is 1210 g/mol. The fourth-order valence-electron chi connectivity index (χ4n) is 10.8. The molecule has 8 nitrogen and oxygen atoms in total. The van der Waals surface area contributed by atoms with Crippen LogP contribution < -0.4 is 0 Å². The SMILES string of the molecule is FC(F)(F)c1ccc(-c2ccc3c(c2)c2cc(-c4ccc(C(F)(F)F)cc4C(F)(F)F)ccc2n3-c2ccc(-c3nc(-c4ccccc4)nc(-c4ccccc4)n3)cc2-c2ccncc2-c2nc(-c3ccccc3)nc(-c3ccccc3)n2)c(C(F)(F)F)c1. The second-order valence-electron chi connectivity index (χ2n) is 20.5. The molecule has 0 aliphatic carbocycles.